The van der Waals surface area contributed by atoms with Gasteiger partial charge in [0.05, 0.1) is 92.7 Å². The van der Waals surface area contributed by atoms with Crippen LogP contribution in [0.2, 0.25) is 0 Å². The van der Waals surface area contributed by atoms with Gasteiger partial charge in [-0.15, -0.1) is 20.5 Å². The summed E-state index contributed by atoms with van der Waals surface area (Å²) in [6.45, 7) is 7.04. The maximum absolute atomic E-state index is 12.7. The Morgan fingerprint density at radius 1 is 0.236 bits per heavy atom. The number of nitrogens with one attached hydrogen (secondary N) is 6. The van der Waals surface area contributed by atoms with Crippen LogP contribution in [0.25, 0.3) is 0 Å². The molecule has 0 aliphatic rings. The summed E-state index contributed by atoms with van der Waals surface area (Å²) in [5.41, 5.74) is 4.38. The molecule has 0 fully saturated rings. The van der Waals surface area contributed by atoms with E-state index in [-0.39, 0.29) is 144 Å². The van der Waals surface area contributed by atoms with Crippen molar-refractivity contribution in [2.45, 2.75) is 73.3 Å². The zero-order valence-corrected chi connectivity index (χ0v) is 80.6. The van der Waals surface area contributed by atoms with E-state index in [1.807, 2.05) is 0 Å². The van der Waals surface area contributed by atoms with E-state index in [0.717, 1.165) is 66.7 Å². The molecule has 14 rings (SSSR count). The molecule has 2 heterocycles. The average Bonchev–Trinajstić information content (AvgIpc) is 0.809. The van der Waals surface area contributed by atoms with Crippen LogP contribution >= 0.6 is 0 Å². The highest BCUT2D eigenvalue weighted by atomic mass is 32.2. The Balaban J connectivity index is 0.714. The fourth-order valence-electron chi connectivity index (χ4n) is 12.5. The van der Waals surface area contributed by atoms with Gasteiger partial charge in [-0.05, 0) is 299 Å². The largest absolute Gasteiger partial charge is 0.354 e. The van der Waals surface area contributed by atoms with Gasteiger partial charge in [-0.3, -0.25) is 31.9 Å². The van der Waals surface area contributed by atoms with Gasteiger partial charge >= 0.3 is 0 Å². The third kappa shape index (κ3) is 28.6. The van der Waals surface area contributed by atoms with Crippen LogP contribution in [-0.2, 0) is 81.9 Å². The summed E-state index contributed by atoms with van der Waals surface area (Å²) in [5, 5.41) is 84.8. The quantitative estimate of drug-likeness (QED) is 0.00739. The van der Waals surface area contributed by atoms with Crippen molar-refractivity contribution in [1.29, 1.82) is 0 Å². The fourth-order valence-corrected chi connectivity index (χ4v) is 16.9. The zero-order chi connectivity index (χ0) is 103. The number of aromatic nitrogens is 6. The first-order valence-electron chi connectivity index (χ1n) is 40.9. The minimum atomic E-state index is -4.96. The highest BCUT2D eigenvalue weighted by Gasteiger charge is 2.24. The molecule has 0 bridgehead atoms. The lowest BCUT2D eigenvalue weighted by Gasteiger charge is -2.14. The molecule has 51 nitrogen and oxygen atoms in total. The molecule has 738 valence electrons. The van der Waals surface area contributed by atoms with E-state index in [4.69, 9.17) is 0 Å². The first kappa shape index (κ1) is 104. The van der Waals surface area contributed by atoms with E-state index >= 15 is 0 Å². The molecule has 0 radical (unpaired) electrons. The molecule has 2 aromatic heterocycles. The van der Waals surface area contributed by atoms with Gasteiger partial charge in [0, 0.05) is 35.8 Å². The van der Waals surface area contributed by atoms with Crippen LogP contribution in [0, 0.1) is 27.7 Å². The Morgan fingerprint density at radius 2 is 0.438 bits per heavy atom. The van der Waals surface area contributed by atoms with Gasteiger partial charge in [-0.1, -0.05) is 0 Å². The lowest BCUT2D eigenvalue weighted by molar-refractivity contribution is 0.481. The number of anilines is 10. The molecule has 12 aromatic carbocycles. The lowest BCUT2D eigenvalue weighted by Crippen LogP contribution is -2.15. The molecule has 0 amide bonds. The molecule has 0 saturated carbocycles. The Bertz CT molecular complexity index is 8300. The molecule has 14 N–H and O–H groups in total. The second kappa shape index (κ2) is 43.9. The minimum Gasteiger partial charge on any atom is -0.354 e. The summed E-state index contributed by atoms with van der Waals surface area (Å²) in [6, 6.07) is 52.7. The Hall–Kier alpha value is -16.3. The van der Waals surface area contributed by atoms with Crippen LogP contribution in [0.4, 0.5) is 149 Å². The number of hydrogen-bond acceptors (Lipinski definition) is 43. The highest BCUT2D eigenvalue weighted by Crippen LogP contribution is 2.40. The number of azo groups is 8. The van der Waals surface area contributed by atoms with Crippen LogP contribution in [0.3, 0.4) is 0 Å². The Labute approximate surface area is 820 Å². The second-order valence-electron chi connectivity index (χ2n) is 30.1. The van der Waals surface area contributed by atoms with Gasteiger partial charge in [0.1, 0.15) is 37.4 Å². The Kier molecular flexibility index (Phi) is 31.6. The number of aryl methyl sites for hydroxylation is 4. The predicted molar refractivity (Wildman–Crippen MR) is 522 cm³/mol. The summed E-state index contributed by atoms with van der Waals surface area (Å²) < 4.78 is 260. The topological polar surface area (TPSA) is 765 Å². The molecule has 144 heavy (non-hydrogen) atoms. The standard InChI is InChI=1S/C85H72N28O23S8/c1-48-40-56(14-30-68(48)106-110-72-34-18-60(44-76(72)137(114)115)102-98-52-6-22-64(23-7-52)138(116,117)118)88-82-92-80(93-83(96-82)89-57-15-31-69(49(2)41-57)107-111-73-35-19-61(45-77(73)142(128,129)130)103-99-53-8-24-65(25-9-53)139(119,120)121)86-38-5-39-87-81-94-84(90-58-16-32-70(50(3)42-58)108-112-74-36-20-62(46-78(74)143(131,132)133)104-100-54-10-26-66(27-11-54)140(122,123)124)97-85(95-81)91-59-17-33-71(51(4)43-59)109-113-75-37-21-63(47-79(75)144(134,135)136)105-101-55-12-28-67(29-13-55)141(125,126)127/h6-37,40-47H,5,38-39H2,1-4H3,(H,114,115)(H,116,117,118)(H,119,120,121)(H,122,123,124)(H,125,126,127)(H,128,129,130)(H,131,132,133)(H,134,135,136)(H3,86,88,89,92,93,96)(H3,87,90,91,94,95,97). The lowest BCUT2D eigenvalue weighted by atomic mass is 10.2. The van der Waals surface area contributed by atoms with Crippen LogP contribution < -0.4 is 31.9 Å². The van der Waals surface area contributed by atoms with Gasteiger partial charge in [-0.25, -0.2) is 4.21 Å². The summed E-state index contributed by atoms with van der Waals surface area (Å²) in [4.78, 5) is 24.2. The van der Waals surface area contributed by atoms with Gasteiger partial charge in [0.2, 0.25) is 35.7 Å². The van der Waals surface area contributed by atoms with E-state index in [1.54, 1.807) is 88.4 Å². The smallest absolute Gasteiger partial charge is 0.296 e. The summed E-state index contributed by atoms with van der Waals surface area (Å²) >= 11 is -2.60. The molecule has 0 aliphatic heterocycles. The maximum atomic E-state index is 12.7. The predicted octanol–water partition coefficient (Wildman–Crippen LogP) is 21.8. The van der Waals surface area contributed by atoms with Crippen LogP contribution in [0.1, 0.15) is 28.7 Å². The number of nitrogens with zero attached hydrogens (tertiary/aromatic N) is 22. The molecular weight excluding hydrogens is 2040 g/mol. The minimum absolute atomic E-state index is 0.00241. The van der Waals surface area contributed by atoms with Crippen molar-refractivity contribution in [2.75, 3.05) is 45.0 Å². The molecule has 14 aromatic rings. The third-order valence-corrected chi connectivity index (χ3v) is 26.3. The fraction of sp³-hybridized carbons (Fsp3) is 0.0824. The van der Waals surface area contributed by atoms with E-state index in [2.05, 4.69) is 144 Å². The number of rotatable bonds is 38. The molecule has 1 atom stereocenters. The van der Waals surface area contributed by atoms with Crippen molar-refractivity contribution in [3.63, 3.8) is 0 Å². The maximum Gasteiger partial charge on any atom is 0.296 e. The number of hydrogen-bond donors (Lipinski definition) is 14. The van der Waals surface area contributed by atoms with E-state index < -0.39 is 111 Å². The molecule has 0 aliphatic carbocycles. The SMILES string of the molecule is Cc1cc(Nc2nc(NCCCNc3nc(Nc4ccc(N=Nc5ccc(N=Nc6ccc(S(=O)(=O)O)cc6)cc5S(=O)(=O)O)c(C)c4)nc(Nc4ccc(N=Nc5ccc(N=Nc6ccc(S(=O)(=O)O)cc6)cc5S(=O)(=O)O)c(C)c4)n3)nc(Nc3ccc(N=Nc4ccc(N=Nc5ccc(S(=O)(=O)O)cc5)cc4S(=O)(=O)O)c(C)c3)n2)ccc1N=Nc1ccc(N=Nc2ccc(S(=O)(=O)O)cc2)cc1S(=O)O. The van der Waals surface area contributed by atoms with Gasteiger partial charge in [0.15, 0.2) is 11.1 Å². The molecule has 0 saturated heterocycles. The van der Waals surface area contributed by atoms with Crippen LogP contribution in [-0.4, -0.2) is 143 Å². The van der Waals surface area contributed by atoms with E-state index in [1.165, 1.54) is 115 Å². The van der Waals surface area contributed by atoms with E-state index in [0.29, 0.717) is 57.1 Å². The summed E-state index contributed by atoms with van der Waals surface area (Å²) in [7, 11) is -32.9. The van der Waals surface area contributed by atoms with Crippen LogP contribution in [0.15, 0.2) is 364 Å². The third-order valence-electron chi connectivity index (χ3n) is 19.5. The molecule has 1 unspecified atom stereocenters. The van der Waals surface area contributed by atoms with Crippen molar-refractivity contribution >= 4 is 231 Å². The number of benzene rings is 12. The van der Waals surface area contributed by atoms with Crippen molar-refractivity contribution in [1.82, 2.24) is 29.9 Å². The average molecular weight is 2110 g/mol. The van der Waals surface area contributed by atoms with Crippen LogP contribution in [0.5, 0.6) is 0 Å². The summed E-state index contributed by atoms with van der Waals surface area (Å²) in [6.07, 6.45) is 0.299. The Morgan fingerprint density at radius 3 is 0.667 bits per heavy atom. The first-order chi connectivity index (χ1) is 68.1. The first-order valence-corrected chi connectivity index (χ1v) is 52.0. The monoisotopic (exact) mass is 2110 g/mol. The molecule has 59 heteroatoms. The van der Waals surface area contributed by atoms with Gasteiger partial charge < -0.3 is 36.5 Å². The van der Waals surface area contributed by atoms with Crippen molar-refractivity contribution in [3.05, 3.63) is 265 Å². The normalized spacial score (nSPS) is 12.8. The highest BCUT2D eigenvalue weighted by molar-refractivity contribution is 7.87. The molecular formula is C85H72N28O23S8. The van der Waals surface area contributed by atoms with Crippen molar-refractivity contribution in [3.8, 4) is 0 Å². The van der Waals surface area contributed by atoms with Crippen molar-refractivity contribution < 1.29 is 99.6 Å². The second-order valence-corrected chi connectivity index (χ2v) is 40.9. The van der Waals surface area contributed by atoms with Crippen molar-refractivity contribution in [2.24, 2.45) is 81.8 Å². The zero-order valence-electron chi connectivity index (χ0n) is 74.0. The molecule has 0 spiro atoms. The van der Waals surface area contributed by atoms with Gasteiger partial charge in [0.25, 0.3) is 70.8 Å². The van der Waals surface area contributed by atoms with Gasteiger partial charge in [-0.2, -0.15) is 150 Å². The summed E-state index contributed by atoms with van der Waals surface area (Å²) in [5.74, 6) is -0.00672. The van der Waals surface area contributed by atoms with E-state index in [9.17, 15) is 99.6 Å².